The highest BCUT2D eigenvalue weighted by Gasteiger charge is 2.32. The second-order valence-corrected chi connectivity index (χ2v) is 6.20. The Morgan fingerprint density at radius 3 is 2.75 bits per heavy atom. The van der Waals surface area contributed by atoms with E-state index in [0.29, 0.717) is 0 Å². The summed E-state index contributed by atoms with van der Waals surface area (Å²) in [4.78, 5) is 2.75. The van der Waals surface area contributed by atoms with E-state index >= 15 is 0 Å². The van der Waals surface area contributed by atoms with E-state index in [0.717, 1.165) is 30.3 Å². The van der Waals surface area contributed by atoms with Crippen LogP contribution in [-0.4, -0.2) is 30.6 Å². The predicted molar refractivity (Wildman–Crippen MR) is 69.3 cm³/mol. The van der Waals surface area contributed by atoms with Crippen molar-refractivity contribution in [1.82, 2.24) is 4.90 Å². The van der Waals surface area contributed by atoms with Crippen molar-refractivity contribution in [2.24, 2.45) is 23.5 Å². The van der Waals surface area contributed by atoms with Gasteiger partial charge in [0.15, 0.2) is 0 Å². The quantitative estimate of drug-likeness (QED) is 0.781. The third kappa shape index (κ3) is 2.78. The molecule has 1 saturated heterocycles. The number of hydrogen-bond acceptors (Lipinski definition) is 2. The van der Waals surface area contributed by atoms with Crippen molar-refractivity contribution in [3.63, 3.8) is 0 Å². The summed E-state index contributed by atoms with van der Waals surface area (Å²) in [6, 6.07) is 0.845. The van der Waals surface area contributed by atoms with Crippen LogP contribution in [0.2, 0.25) is 0 Å². The zero-order valence-electron chi connectivity index (χ0n) is 11.0. The maximum atomic E-state index is 5.83. The summed E-state index contributed by atoms with van der Waals surface area (Å²) < 4.78 is 0. The van der Waals surface area contributed by atoms with Crippen LogP contribution in [0.25, 0.3) is 0 Å². The van der Waals surface area contributed by atoms with Crippen LogP contribution in [-0.2, 0) is 0 Å². The van der Waals surface area contributed by atoms with E-state index in [4.69, 9.17) is 5.73 Å². The van der Waals surface area contributed by atoms with Crippen molar-refractivity contribution in [3.05, 3.63) is 0 Å². The third-order valence-electron chi connectivity index (χ3n) is 4.77. The normalized spacial score (nSPS) is 42.2. The highest BCUT2D eigenvalue weighted by atomic mass is 15.2. The highest BCUT2D eigenvalue weighted by molar-refractivity contribution is 4.86. The molecule has 0 aromatic rings. The van der Waals surface area contributed by atoms with Gasteiger partial charge >= 0.3 is 0 Å². The lowest BCUT2D eigenvalue weighted by Crippen LogP contribution is -2.49. The minimum Gasteiger partial charge on any atom is -0.330 e. The molecule has 94 valence electrons. The fraction of sp³-hybridized carbons (Fsp3) is 1.00. The standard InChI is InChI=1S/C14H28N2/c1-11-5-6-12(2)14(8-11)16-7-3-4-13(9-15)10-16/h11-14H,3-10,15H2,1-2H3. The first-order chi connectivity index (χ1) is 7.70. The zero-order chi connectivity index (χ0) is 11.5. The Kier molecular flexibility index (Phi) is 4.26. The zero-order valence-corrected chi connectivity index (χ0v) is 11.0. The summed E-state index contributed by atoms with van der Waals surface area (Å²) in [5.41, 5.74) is 5.83. The number of nitrogens with zero attached hydrogens (tertiary/aromatic N) is 1. The van der Waals surface area contributed by atoms with E-state index in [9.17, 15) is 0 Å². The Labute approximate surface area is 101 Å². The van der Waals surface area contributed by atoms with Gasteiger partial charge < -0.3 is 5.73 Å². The number of rotatable bonds is 2. The predicted octanol–water partition coefficient (Wildman–Crippen LogP) is 2.48. The molecule has 2 fully saturated rings. The van der Waals surface area contributed by atoms with Crippen molar-refractivity contribution >= 4 is 0 Å². The summed E-state index contributed by atoms with van der Waals surface area (Å²) in [5.74, 6) is 2.59. The fourth-order valence-electron chi connectivity index (χ4n) is 3.60. The maximum Gasteiger partial charge on any atom is 0.0123 e. The molecule has 4 unspecified atom stereocenters. The Balaban J connectivity index is 1.94. The minimum absolute atomic E-state index is 0.762. The highest BCUT2D eigenvalue weighted by Crippen LogP contribution is 2.33. The van der Waals surface area contributed by atoms with Gasteiger partial charge in [0.05, 0.1) is 0 Å². The lowest BCUT2D eigenvalue weighted by Gasteiger charge is -2.44. The molecule has 0 aromatic heterocycles. The van der Waals surface area contributed by atoms with Crippen LogP contribution in [0.4, 0.5) is 0 Å². The van der Waals surface area contributed by atoms with Gasteiger partial charge in [-0.1, -0.05) is 20.3 Å². The van der Waals surface area contributed by atoms with Crippen LogP contribution in [0.3, 0.4) is 0 Å². The largest absolute Gasteiger partial charge is 0.330 e. The van der Waals surface area contributed by atoms with E-state index < -0.39 is 0 Å². The van der Waals surface area contributed by atoms with Crippen molar-refractivity contribution in [2.75, 3.05) is 19.6 Å². The smallest absolute Gasteiger partial charge is 0.0123 e. The van der Waals surface area contributed by atoms with Crippen LogP contribution in [0.1, 0.15) is 46.0 Å². The molecule has 0 amide bonds. The number of nitrogens with two attached hydrogens (primary N) is 1. The molecule has 0 aromatic carbocycles. The molecule has 0 bridgehead atoms. The molecule has 2 nitrogen and oxygen atoms in total. The van der Waals surface area contributed by atoms with Gasteiger partial charge in [0, 0.05) is 12.6 Å². The summed E-state index contributed by atoms with van der Waals surface area (Å²) >= 11 is 0. The molecule has 0 spiro atoms. The van der Waals surface area contributed by atoms with Gasteiger partial charge in [-0.15, -0.1) is 0 Å². The van der Waals surface area contributed by atoms with E-state index in [2.05, 4.69) is 18.7 Å². The molecule has 2 rings (SSSR count). The maximum absolute atomic E-state index is 5.83. The Hall–Kier alpha value is -0.0800. The Bertz CT molecular complexity index is 217. The molecule has 2 heteroatoms. The van der Waals surface area contributed by atoms with Gasteiger partial charge in [-0.3, -0.25) is 4.90 Å². The van der Waals surface area contributed by atoms with Gasteiger partial charge in [0.2, 0.25) is 0 Å². The van der Waals surface area contributed by atoms with Crippen LogP contribution < -0.4 is 5.73 Å². The molecule has 1 aliphatic heterocycles. The molecule has 2 aliphatic rings. The van der Waals surface area contributed by atoms with Gasteiger partial charge in [-0.2, -0.15) is 0 Å². The SMILES string of the molecule is CC1CCC(C)C(N2CCCC(CN)C2)C1. The number of likely N-dealkylation sites (tertiary alicyclic amines) is 1. The molecule has 4 atom stereocenters. The van der Waals surface area contributed by atoms with Crippen LogP contribution >= 0.6 is 0 Å². The first kappa shape index (κ1) is 12.4. The second kappa shape index (κ2) is 5.50. The molecule has 1 aliphatic carbocycles. The van der Waals surface area contributed by atoms with Crippen LogP contribution in [0.5, 0.6) is 0 Å². The van der Waals surface area contributed by atoms with Gasteiger partial charge in [0.25, 0.3) is 0 Å². The minimum atomic E-state index is 0.762. The molecule has 2 N–H and O–H groups in total. The lowest BCUT2D eigenvalue weighted by atomic mass is 9.78. The van der Waals surface area contributed by atoms with Crippen molar-refractivity contribution < 1.29 is 0 Å². The average molecular weight is 224 g/mol. The number of piperidine rings is 1. The average Bonchev–Trinajstić information content (AvgIpc) is 2.32. The molecular formula is C14H28N2. The van der Waals surface area contributed by atoms with Crippen molar-refractivity contribution in [1.29, 1.82) is 0 Å². The van der Waals surface area contributed by atoms with Crippen molar-refractivity contribution in [3.8, 4) is 0 Å². The molecule has 16 heavy (non-hydrogen) atoms. The first-order valence-corrected chi connectivity index (χ1v) is 7.14. The van der Waals surface area contributed by atoms with E-state index in [-0.39, 0.29) is 0 Å². The van der Waals surface area contributed by atoms with E-state index in [1.54, 1.807) is 0 Å². The fourth-order valence-corrected chi connectivity index (χ4v) is 3.60. The second-order valence-electron chi connectivity index (χ2n) is 6.20. The number of hydrogen-bond donors (Lipinski definition) is 1. The molecule has 1 heterocycles. The van der Waals surface area contributed by atoms with Crippen molar-refractivity contribution in [2.45, 2.75) is 52.0 Å². The molecule has 0 radical (unpaired) electrons. The monoisotopic (exact) mass is 224 g/mol. The summed E-state index contributed by atoms with van der Waals surface area (Å²) in [7, 11) is 0. The molecular weight excluding hydrogens is 196 g/mol. The topological polar surface area (TPSA) is 29.3 Å². The molecule has 1 saturated carbocycles. The van der Waals surface area contributed by atoms with Crippen LogP contribution in [0, 0.1) is 17.8 Å². The van der Waals surface area contributed by atoms with E-state index in [1.165, 1.54) is 45.2 Å². The first-order valence-electron chi connectivity index (χ1n) is 7.14. The van der Waals surface area contributed by atoms with Gasteiger partial charge in [-0.05, 0) is 56.5 Å². The lowest BCUT2D eigenvalue weighted by molar-refractivity contribution is 0.0546. The van der Waals surface area contributed by atoms with E-state index in [1.807, 2.05) is 0 Å². The van der Waals surface area contributed by atoms with Gasteiger partial charge in [0.1, 0.15) is 0 Å². The summed E-state index contributed by atoms with van der Waals surface area (Å²) in [5, 5.41) is 0. The summed E-state index contributed by atoms with van der Waals surface area (Å²) in [6.45, 7) is 8.33. The van der Waals surface area contributed by atoms with Gasteiger partial charge in [-0.25, -0.2) is 0 Å². The third-order valence-corrected chi connectivity index (χ3v) is 4.77. The summed E-state index contributed by atoms with van der Waals surface area (Å²) in [6.07, 6.45) is 6.99. The van der Waals surface area contributed by atoms with Crippen LogP contribution in [0.15, 0.2) is 0 Å². The Morgan fingerprint density at radius 1 is 1.19 bits per heavy atom. The Morgan fingerprint density at radius 2 is 2.00 bits per heavy atom.